The van der Waals surface area contributed by atoms with Gasteiger partial charge in [-0.1, -0.05) is 18.2 Å². The quantitative estimate of drug-likeness (QED) is 0.500. The van der Waals surface area contributed by atoms with Crippen LogP contribution >= 0.6 is 0 Å². The maximum Gasteiger partial charge on any atom is 0.343 e. The van der Waals surface area contributed by atoms with E-state index in [1.54, 1.807) is 30.3 Å². The van der Waals surface area contributed by atoms with Gasteiger partial charge in [0.15, 0.2) is 6.29 Å². The first kappa shape index (κ1) is 12.6. The third-order valence-electron chi connectivity index (χ3n) is 2.43. The molecule has 0 aliphatic heterocycles. The number of hydrogen-bond acceptors (Lipinski definition) is 5. The fourth-order valence-corrected chi connectivity index (χ4v) is 1.53. The van der Waals surface area contributed by atoms with E-state index in [2.05, 4.69) is 0 Å². The molecule has 0 unspecified atom stereocenters. The van der Waals surface area contributed by atoms with Crippen molar-refractivity contribution in [3.8, 4) is 17.2 Å². The molecule has 0 aliphatic carbocycles. The summed E-state index contributed by atoms with van der Waals surface area (Å²) >= 11 is 0. The van der Waals surface area contributed by atoms with Crippen LogP contribution in [0, 0.1) is 0 Å². The Labute approximate surface area is 108 Å². The van der Waals surface area contributed by atoms with Gasteiger partial charge in [0.1, 0.15) is 17.2 Å². The maximum atomic E-state index is 11.8. The monoisotopic (exact) mass is 258 g/mol. The first-order chi connectivity index (χ1) is 9.11. The number of ether oxygens (including phenoxy) is 1. The van der Waals surface area contributed by atoms with E-state index in [1.165, 1.54) is 0 Å². The predicted molar refractivity (Wildman–Crippen MR) is 66.6 cm³/mol. The van der Waals surface area contributed by atoms with Crippen LogP contribution in [-0.4, -0.2) is 22.5 Å². The van der Waals surface area contributed by atoms with Gasteiger partial charge in [0.05, 0.1) is 11.1 Å². The minimum Gasteiger partial charge on any atom is -0.508 e. The molecule has 0 spiro atoms. The molecule has 2 aromatic carbocycles. The Kier molecular flexibility index (Phi) is 3.47. The van der Waals surface area contributed by atoms with E-state index in [4.69, 9.17) is 4.74 Å². The Morgan fingerprint density at radius 1 is 1.11 bits per heavy atom. The van der Waals surface area contributed by atoms with Crippen LogP contribution in [0.5, 0.6) is 17.2 Å². The molecule has 2 rings (SSSR count). The summed E-state index contributed by atoms with van der Waals surface area (Å²) in [5.74, 6) is -1.64. The number of rotatable bonds is 3. The minimum absolute atomic E-state index is 0.193. The molecule has 0 aromatic heterocycles. The van der Waals surface area contributed by atoms with E-state index < -0.39 is 11.7 Å². The second-order valence-corrected chi connectivity index (χ2v) is 3.75. The lowest BCUT2D eigenvalue weighted by atomic mass is 10.2. The summed E-state index contributed by atoms with van der Waals surface area (Å²) in [6.07, 6.45) is 0.350. The van der Waals surface area contributed by atoms with Crippen LogP contribution in [-0.2, 0) is 0 Å². The molecule has 0 saturated heterocycles. The summed E-state index contributed by atoms with van der Waals surface area (Å²) in [6.45, 7) is 0. The van der Waals surface area contributed by atoms with Crippen molar-refractivity contribution in [2.45, 2.75) is 0 Å². The zero-order valence-corrected chi connectivity index (χ0v) is 9.74. The molecule has 0 atom stereocenters. The Morgan fingerprint density at radius 2 is 1.79 bits per heavy atom. The second kappa shape index (κ2) is 5.22. The number of aldehydes is 1. The van der Waals surface area contributed by atoms with Crippen LogP contribution in [0.25, 0.3) is 0 Å². The first-order valence-electron chi connectivity index (χ1n) is 5.40. The van der Waals surface area contributed by atoms with Crippen molar-refractivity contribution in [2.24, 2.45) is 0 Å². The fraction of sp³-hybridized carbons (Fsp3) is 0. The molecule has 0 radical (unpaired) electrons. The van der Waals surface area contributed by atoms with Crippen LogP contribution in [0.15, 0.2) is 42.5 Å². The number of phenolic OH excluding ortho intramolecular Hbond substituents is 2. The second-order valence-electron chi connectivity index (χ2n) is 3.75. The van der Waals surface area contributed by atoms with Crippen molar-refractivity contribution in [3.63, 3.8) is 0 Å². The Balaban J connectivity index is 2.34. The largest absolute Gasteiger partial charge is 0.508 e. The molecular formula is C14H10O5. The highest BCUT2D eigenvalue weighted by Crippen LogP contribution is 2.31. The van der Waals surface area contributed by atoms with Gasteiger partial charge in [-0.3, -0.25) is 4.79 Å². The summed E-state index contributed by atoms with van der Waals surface area (Å²) in [5.41, 5.74) is 0.101. The molecule has 5 heteroatoms. The minimum atomic E-state index is -0.686. The average molecular weight is 258 g/mol. The Bertz CT molecular complexity index is 619. The lowest BCUT2D eigenvalue weighted by Crippen LogP contribution is -2.09. The number of aromatic hydroxyl groups is 2. The fourth-order valence-electron chi connectivity index (χ4n) is 1.53. The van der Waals surface area contributed by atoms with Crippen molar-refractivity contribution in [1.82, 2.24) is 0 Å². The molecule has 0 saturated carbocycles. The first-order valence-corrected chi connectivity index (χ1v) is 5.40. The van der Waals surface area contributed by atoms with Crippen LogP contribution in [0.3, 0.4) is 0 Å². The number of esters is 1. The lowest BCUT2D eigenvalue weighted by Gasteiger charge is -2.08. The number of carbonyl (C=O) groups excluding carboxylic acids is 2. The smallest absolute Gasteiger partial charge is 0.343 e. The summed E-state index contributed by atoms with van der Waals surface area (Å²) in [4.78, 5) is 22.6. The summed E-state index contributed by atoms with van der Waals surface area (Å²) in [7, 11) is 0. The normalized spacial score (nSPS) is 9.89. The van der Waals surface area contributed by atoms with Gasteiger partial charge in [0, 0.05) is 12.1 Å². The van der Waals surface area contributed by atoms with E-state index in [0.29, 0.717) is 11.8 Å². The average Bonchev–Trinajstić information content (AvgIpc) is 2.39. The summed E-state index contributed by atoms with van der Waals surface area (Å²) < 4.78 is 4.99. The molecule has 0 fully saturated rings. The van der Waals surface area contributed by atoms with Gasteiger partial charge in [-0.15, -0.1) is 0 Å². The maximum absolute atomic E-state index is 11.8. The standard InChI is InChI=1S/C14H10O5/c15-8-11-12(17)6-10(16)7-13(11)19-14(18)9-4-2-1-3-5-9/h1-8,16-17H. The number of phenols is 2. The van der Waals surface area contributed by atoms with Gasteiger partial charge in [-0.25, -0.2) is 4.79 Å². The molecule has 0 amide bonds. The third-order valence-corrected chi connectivity index (χ3v) is 2.43. The van der Waals surface area contributed by atoms with Gasteiger partial charge in [0.2, 0.25) is 0 Å². The van der Waals surface area contributed by atoms with Crippen LogP contribution in [0.1, 0.15) is 20.7 Å². The molecule has 0 aliphatic rings. The molecule has 2 N–H and O–H groups in total. The van der Waals surface area contributed by atoms with E-state index >= 15 is 0 Å². The van der Waals surface area contributed by atoms with Gasteiger partial charge in [0.25, 0.3) is 0 Å². The van der Waals surface area contributed by atoms with Gasteiger partial charge >= 0.3 is 5.97 Å². The Hall–Kier alpha value is -2.82. The number of benzene rings is 2. The molecule has 96 valence electrons. The van der Waals surface area contributed by atoms with Crippen molar-refractivity contribution < 1.29 is 24.5 Å². The molecule has 0 heterocycles. The van der Waals surface area contributed by atoms with E-state index in [1.807, 2.05) is 0 Å². The highest BCUT2D eigenvalue weighted by molar-refractivity contribution is 5.93. The number of carbonyl (C=O) groups is 2. The molecule has 19 heavy (non-hydrogen) atoms. The van der Waals surface area contributed by atoms with Crippen molar-refractivity contribution in [1.29, 1.82) is 0 Å². The predicted octanol–water partition coefficient (Wildman–Crippen LogP) is 2.13. The SMILES string of the molecule is O=Cc1c(O)cc(O)cc1OC(=O)c1ccccc1. The van der Waals surface area contributed by atoms with Crippen LogP contribution < -0.4 is 4.74 Å². The summed E-state index contributed by atoms with van der Waals surface area (Å²) in [5, 5.41) is 18.8. The topological polar surface area (TPSA) is 83.8 Å². The molecule has 2 aromatic rings. The van der Waals surface area contributed by atoms with Gasteiger partial charge in [-0.05, 0) is 12.1 Å². The zero-order valence-electron chi connectivity index (χ0n) is 9.74. The van der Waals surface area contributed by atoms with Crippen molar-refractivity contribution >= 4 is 12.3 Å². The zero-order chi connectivity index (χ0) is 13.8. The highest BCUT2D eigenvalue weighted by atomic mass is 16.5. The third kappa shape index (κ3) is 2.71. The number of hydrogen-bond donors (Lipinski definition) is 2. The van der Waals surface area contributed by atoms with Gasteiger partial charge in [-0.2, -0.15) is 0 Å². The Morgan fingerprint density at radius 3 is 2.42 bits per heavy atom. The van der Waals surface area contributed by atoms with Crippen molar-refractivity contribution in [3.05, 3.63) is 53.6 Å². The van der Waals surface area contributed by atoms with E-state index in [-0.39, 0.29) is 17.1 Å². The summed E-state index contributed by atoms with van der Waals surface area (Å²) in [6, 6.07) is 10.2. The lowest BCUT2D eigenvalue weighted by molar-refractivity contribution is 0.0733. The highest BCUT2D eigenvalue weighted by Gasteiger charge is 2.15. The van der Waals surface area contributed by atoms with E-state index in [0.717, 1.165) is 12.1 Å². The van der Waals surface area contributed by atoms with Gasteiger partial charge < -0.3 is 14.9 Å². The van der Waals surface area contributed by atoms with Crippen LogP contribution in [0.4, 0.5) is 0 Å². The molecule has 0 bridgehead atoms. The van der Waals surface area contributed by atoms with Crippen molar-refractivity contribution in [2.75, 3.05) is 0 Å². The molecule has 5 nitrogen and oxygen atoms in total. The van der Waals surface area contributed by atoms with Crippen LogP contribution in [0.2, 0.25) is 0 Å². The van der Waals surface area contributed by atoms with E-state index in [9.17, 15) is 19.8 Å². The molecular weight excluding hydrogens is 248 g/mol.